The largest absolute Gasteiger partial charge is 0.573 e. The fourth-order valence-electron chi connectivity index (χ4n) is 5.10. The minimum atomic E-state index is -4.76. The molecule has 1 saturated heterocycles. The Labute approximate surface area is 200 Å². The number of halogens is 3. The number of fused-ring (bicyclic) bond motifs is 2. The number of piperidine rings is 1. The Kier molecular flexibility index (Phi) is 5.86. The molecule has 0 amide bonds. The van der Waals surface area contributed by atoms with Gasteiger partial charge in [0.15, 0.2) is 0 Å². The zero-order valence-corrected chi connectivity index (χ0v) is 19.7. The van der Waals surface area contributed by atoms with Gasteiger partial charge in [-0.05, 0) is 63.8 Å². The number of nitrogens with two attached hydrogens (primary N) is 1. The molecule has 35 heavy (non-hydrogen) atoms. The number of alkyl halides is 3. The highest BCUT2D eigenvalue weighted by Crippen LogP contribution is 2.47. The summed E-state index contributed by atoms with van der Waals surface area (Å²) in [6.45, 7) is 6.57. The number of anilines is 1. The number of rotatable bonds is 6. The number of aromatic amines is 1. The van der Waals surface area contributed by atoms with Gasteiger partial charge in [-0.25, -0.2) is 9.67 Å². The molecule has 1 saturated carbocycles. The van der Waals surface area contributed by atoms with E-state index < -0.39 is 6.36 Å². The van der Waals surface area contributed by atoms with Gasteiger partial charge in [0, 0.05) is 30.4 Å². The van der Waals surface area contributed by atoms with Gasteiger partial charge in [-0.15, -0.1) is 18.3 Å². The van der Waals surface area contributed by atoms with Crippen LogP contribution in [0.5, 0.6) is 17.5 Å². The predicted octanol–water partition coefficient (Wildman–Crippen LogP) is 4.50. The van der Waals surface area contributed by atoms with Crippen molar-refractivity contribution in [2.24, 2.45) is 17.6 Å². The topological polar surface area (TPSA) is 107 Å². The Morgan fingerprint density at radius 1 is 1.14 bits per heavy atom. The molecule has 4 unspecified atom stereocenters. The van der Waals surface area contributed by atoms with E-state index in [4.69, 9.17) is 20.6 Å². The van der Waals surface area contributed by atoms with Crippen molar-refractivity contribution < 1.29 is 22.6 Å². The SMILES string of the molecule is Cc1cnc(C2C3CCC(CN2c2nc(Oc4ccc(OC(F)(F)F)cc4)n(C(C)C)n2)C3N)[nH]1. The first-order valence-electron chi connectivity index (χ1n) is 11.6. The molecule has 4 atom stereocenters. The van der Waals surface area contributed by atoms with Crippen molar-refractivity contribution in [2.45, 2.75) is 58.1 Å². The summed E-state index contributed by atoms with van der Waals surface area (Å²) in [5.74, 6) is 1.90. The first kappa shape index (κ1) is 23.5. The van der Waals surface area contributed by atoms with Crippen LogP contribution in [0.1, 0.15) is 50.3 Å². The lowest BCUT2D eigenvalue weighted by Gasteiger charge is -2.42. The molecule has 3 heterocycles. The first-order valence-corrected chi connectivity index (χ1v) is 11.6. The van der Waals surface area contributed by atoms with Crippen molar-refractivity contribution in [2.75, 3.05) is 11.4 Å². The molecule has 188 valence electrons. The Balaban J connectivity index is 1.45. The number of nitrogens with zero attached hydrogens (tertiary/aromatic N) is 5. The van der Waals surface area contributed by atoms with E-state index in [0.717, 1.165) is 24.4 Å². The van der Waals surface area contributed by atoms with E-state index in [1.807, 2.05) is 20.8 Å². The van der Waals surface area contributed by atoms with Crippen molar-refractivity contribution in [1.82, 2.24) is 24.7 Å². The molecule has 2 aliphatic rings. The maximum Gasteiger partial charge on any atom is 0.573 e. The second-order valence-electron chi connectivity index (χ2n) is 9.48. The van der Waals surface area contributed by atoms with Gasteiger partial charge in [0.1, 0.15) is 17.3 Å². The number of hydrogen-bond acceptors (Lipinski definition) is 7. The summed E-state index contributed by atoms with van der Waals surface area (Å²) in [5, 5.41) is 4.75. The molecule has 2 bridgehead atoms. The molecule has 1 aliphatic heterocycles. The smallest absolute Gasteiger partial charge is 0.424 e. The summed E-state index contributed by atoms with van der Waals surface area (Å²) in [6, 6.07) is 5.36. The quantitative estimate of drug-likeness (QED) is 0.523. The molecule has 2 aromatic heterocycles. The van der Waals surface area contributed by atoms with Gasteiger partial charge < -0.3 is 25.1 Å². The molecule has 0 spiro atoms. The summed E-state index contributed by atoms with van der Waals surface area (Å²) in [6.07, 6.45) is -0.901. The van der Waals surface area contributed by atoms with E-state index >= 15 is 0 Å². The number of aryl methyl sites for hydroxylation is 1. The van der Waals surface area contributed by atoms with Crippen molar-refractivity contribution in [3.8, 4) is 17.5 Å². The van der Waals surface area contributed by atoms with Crippen LogP contribution in [0.2, 0.25) is 0 Å². The third-order valence-electron chi connectivity index (χ3n) is 6.69. The fraction of sp³-hybridized carbons (Fsp3) is 0.522. The first-order chi connectivity index (χ1) is 16.6. The summed E-state index contributed by atoms with van der Waals surface area (Å²) < 4.78 is 48.9. The van der Waals surface area contributed by atoms with Crippen LogP contribution < -0.4 is 20.1 Å². The standard InChI is InChI=1S/C23H28F3N7O2/c1-12(2)33-22(34-15-5-7-16(8-6-15)35-23(24,25)26)30-21(31-33)32-11-14-4-9-17(18(14)27)19(32)20-28-10-13(3)29-20/h5-8,10,12,14,17-19H,4,9,11,27H2,1-3H3,(H,28,29). The number of imidazole rings is 1. The van der Waals surface area contributed by atoms with Crippen molar-refractivity contribution in [3.05, 3.63) is 42.0 Å². The van der Waals surface area contributed by atoms with Crippen LogP contribution in [-0.4, -0.2) is 43.7 Å². The van der Waals surface area contributed by atoms with E-state index in [9.17, 15) is 13.2 Å². The molecule has 2 fully saturated rings. The molecular formula is C23H28F3N7O2. The predicted molar refractivity (Wildman–Crippen MR) is 121 cm³/mol. The molecule has 9 nitrogen and oxygen atoms in total. The van der Waals surface area contributed by atoms with Crippen LogP contribution in [0.3, 0.4) is 0 Å². The maximum atomic E-state index is 12.5. The Morgan fingerprint density at radius 2 is 1.86 bits per heavy atom. The van der Waals surface area contributed by atoms with Gasteiger partial charge in [-0.1, -0.05) is 0 Å². The monoisotopic (exact) mass is 491 g/mol. The molecule has 0 radical (unpaired) electrons. The van der Waals surface area contributed by atoms with Crippen LogP contribution in [0.25, 0.3) is 0 Å². The van der Waals surface area contributed by atoms with E-state index in [0.29, 0.717) is 24.2 Å². The lowest BCUT2D eigenvalue weighted by Crippen LogP contribution is -2.51. The normalized spacial score (nSPS) is 24.3. The van der Waals surface area contributed by atoms with Gasteiger partial charge in [0.05, 0.1) is 12.1 Å². The zero-order chi connectivity index (χ0) is 24.9. The molecular weight excluding hydrogens is 463 g/mol. The zero-order valence-electron chi connectivity index (χ0n) is 19.7. The number of aromatic nitrogens is 5. The highest BCUT2D eigenvalue weighted by atomic mass is 19.4. The molecule has 3 aromatic rings. The minimum absolute atomic E-state index is 0.0628. The summed E-state index contributed by atoms with van der Waals surface area (Å²) in [5.41, 5.74) is 7.54. The number of hydrogen-bond donors (Lipinski definition) is 2. The minimum Gasteiger partial charge on any atom is -0.424 e. The second kappa shape index (κ2) is 8.74. The Bertz CT molecular complexity index is 1170. The van der Waals surface area contributed by atoms with Crippen molar-refractivity contribution in [3.63, 3.8) is 0 Å². The van der Waals surface area contributed by atoms with E-state index in [1.165, 1.54) is 24.3 Å². The number of ether oxygens (including phenoxy) is 2. The average molecular weight is 492 g/mol. The lowest BCUT2D eigenvalue weighted by molar-refractivity contribution is -0.274. The Morgan fingerprint density at radius 3 is 2.49 bits per heavy atom. The van der Waals surface area contributed by atoms with Crippen molar-refractivity contribution in [1.29, 1.82) is 0 Å². The Hall–Kier alpha value is -3.28. The van der Waals surface area contributed by atoms with E-state index in [-0.39, 0.29) is 35.8 Å². The van der Waals surface area contributed by atoms with Crippen LogP contribution in [0.4, 0.5) is 19.1 Å². The van der Waals surface area contributed by atoms with Gasteiger partial charge in [0.25, 0.3) is 0 Å². The third kappa shape index (κ3) is 4.66. The highest BCUT2D eigenvalue weighted by molar-refractivity contribution is 5.39. The van der Waals surface area contributed by atoms with Gasteiger partial charge >= 0.3 is 12.4 Å². The molecule has 1 aliphatic carbocycles. The maximum absolute atomic E-state index is 12.5. The van der Waals surface area contributed by atoms with Crippen LogP contribution in [-0.2, 0) is 0 Å². The lowest BCUT2D eigenvalue weighted by atomic mass is 9.86. The summed E-state index contributed by atoms with van der Waals surface area (Å²) in [7, 11) is 0. The van der Waals surface area contributed by atoms with Crippen LogP contribution >= 0.6 is 0 Å². The summed E-state index contributed by atoms with van der Waals surface area (Å²) >= 11 is 0. The molecule has 3 N–H and O–H groups in total. The van der Waals surface area contributed by atoms with Crippen LogP contribution in [0, 0.1) is 18.8 Å². The van der Waals surface area contributed by atoms with Crippen LogP contribution in [0.15, 0.2) is 30.5 Å². The van der Waals surface area contributed by atoms with Gasteiger partial charge in [0.2, 0.25) is 5.95 Å². The number of H-pyrrole nitrogens is 1. The fourth-order valence-corrected chi connectivity index (χ4v) is 5.10. The summed E-state index contributed by atoms with van der Waals surface area (Å²) in [4.78, 5) is 14.8. The van der Waals surface area contributed by atoms with E-state index in [2.05, 4.69) is 19.6 Å². The molecule has 12 heteroatoms. The number of nitrogens with one attached hydrogen (secondary N) is 1. The third-order valence-corrected chi connectivity index (χ3v) is 6.69. The molecule has 1 aromatic carbocycles. The van der Waals surface area contributed by atoms with Gasteiger partial charge in [-0.3, -0.25) is 0 Å². The van der Waals surface area contributed by atoms with Gasteiger partial charge in [-0.2, -0.15) is 4.98 Å². The van der Waals surface area contributed by atoms with E-state index in [1.54, 1.807) is 10.9 Å². The average Bonchev–Trinajstić information content (AvgIpc) is 3.45. The molecule has 5 rings (SSSR count). The second-order valence-corrected chi connectivity index (χ2v) is 9.48. The highest BCUT2D eigenvalue weighted by Gasteiger charge is 2.49. The number of benzene rings is 1. The van der Waals surface area contributed by atoms with Crippen molar-refractivity contribution >= 4 is 5.95 Å².